The smallest absolute Gasteiger partial charge is 0.248 e. The molecule has 0 spiro atoms. The molecule has 1 rings (SSSR count). The summed E-state index contributed by atoms with van der Waals surface area (Å²) in [4.78, 5) is 10.9. The summed E-state index contributed by atoms with van der Waals surface area (Å²) in [6.45, 7) is 0.665. The van der Waals surface area contributed by atoms with Crippen LogP contribution in [0, 0.1) is 0 Å². The van der Waals surface area contributed by atoms with Crippen molar-refractivity contribution < 1.29 is 10.0 Å². The van der Waals surface area contributed by atoms with E-state index in [4.69, 9.17) is 16.7 Å². The van der Waals surface area contributed by atoms with Gasteiger partial charge in [0.25, 0.3) is 0 Å². The van der Waals surface area contributed by atoms with Gasteiger partial charge in [-0.15, -0.1) is 0 Å². The largest absolute Gasteiger partial charge is 0.409 e. The number of nitrogens with two attached hydrogens (primary N) is 2. The Hall–Kier alpha value is -2.24. The average molecular weight is 236 g/mol. The van der Waals surface area contributed by atoms with Crippen molar-refractivity contribution in [2.24, 2.45) is 16.6 Å². The SMILES string of the molecule is NC(=O)c1cccc(NCCC/C(N)=N/O)c1. The molecule has 0 saturated heterocycles. The molecule has 17 heavy (non-hydrogen) atoms. The molecule has 0 heterocycles. The first kappa shape index (κ1) is 12.8. The molecule has 1 amide bonds. The van der Waals surface area contributed by atoms with Crippen molar-refractivity contribution in [3.8, 4) is 0 Å². The van der Waals surface area contributed by atoms with Crippen molar-refractivity contribution in [2.75, 3.05) is 11.9 Å². The van der Waals surface area contributed by atoms with E-state index in [1.807, 2.05) is 6.07 Å². The maximum atomic E-state index is 10.9. The number of nitrogens with one attached hydrogen (secondary N) is 1. The number of nitrogens with zero attached hydrogens (tertiary/aromatic N) is 1. The van der Waals surface area contributed by atoms with Gasteiger partial charge in [-0.2, -0.15) is 0 Å². The number of anilines is 1. The molecular weight excluding hydrogens is 220 g/mol. The molecule has 6 N–H and O–H groups in total. The molecule has 0 aliphatic carbocycles. The summed E-state index contributed by atoms with van der Waals surface area (Å²) in [6, 6.07) is 6.94. The molecule has 1 aromatic rings. The summed E-state index contributed by atoms with van der Waals surface area (Å²) in [6.07, 6.45) is 1.25. The van der Waals surface area contributed by atoms with Gasteiger partial charge >= 0.3 is 0 Å². The Morgan fingerprint density at radius 2 is 2.18 bits per heavy atom. The predicted molar refractivity (Wildman–Crippen MR) is 66.1 cm³/mol. The van der Waals surface area contributed by atoms with Crippen LogP contribution in [0.3, 0.4) is 0 Å². The molecule has 0 radical (unpaired) electrons. The van der Waals surface area contributed by atoms with Gasteiger partial charge in [0.2, 0.25) is 5.91 Å². The molecule has 0 aliphatic heterocycles. The highest BCUT2D eigenvalue weighted by Gasteiger charge is 2.00. The van der Waals surface area contributed by atoms with Crippen molar-refractivity contribution in [1.29, 1.82) is 0 Å². The second-order valence-corrected chi connectivity index (χ2v) is 3.57. The Bertz CT molecular complexity index is 418. The summed E-state index contributed by atoms with van der Waals surface area (Å²) in [5.41, 5.74) is 11.8. The van der Waals surface area contributed by atoms with Gasteiger partial charge in [0.15, 0.2) is 0 Å². The maximum Gasteiger partial charge on any atom is 0.248 e. The highest BCUT2D eigenvalue weighted by atomic mass is 16.4. The molecule has 0 fully saturated rings. The number of amides is 1. The number of benzene rings is 1. The van der Waals surface area contributed by atoms with Gasteiger partial charge in [0.05, 0.1) is 0 Å². The lowest BCUT2D eigenvalue weighted by Gasteiger charge is -2.06. The topological polar surface area (TPSA) is 114 Å². The lowest BCUT2D eigenvalue weighted by Crippen LogP contribution is -2.14. The number of carbonyl (C=O) groups excluding carboxylic acids is 1. The normalized spacial score (nSPS) is 11.2. The fraction of sp³-hybridized carbons (Fsp3) is 0.273. The third-order valence-electron chi connectivity index (χ3n) is 2.21. The van der Waals surface area contributed by atoms with Crippen LogP contribution < -0.4 is 16.8 Å². The number of oxime groups is 1. The molecule has 0 aromatic heterocycles. The molecule has 1 aromatic carbocycles. The van der Waals surface area contributed by atoms with Crippen molar-refractivity contribution in [3.63, 3.8) is 0 Å². The zero-order valence-electron chi connectivity index (χ0n) is 9.39. The third kappa shape index (κ3) is 4.42. The predicted octanol–water partition coefficient (Wildman–Crippen LogP) is 0.724. The lowest BCUT2D eigenvalue weighted by atomic mass is 10.2. The minimum atomic E-state index is -0.453. The van der Waals surface area contributed by atoms with Crippen LogP contribution in [-0.2, 0) is 0 Å². The quantitative estimate of drug-likeness (QED) is 0.191. The fourth-order valence-corrected chi connectivity index (χ4v) is 1.33. The molecule has 0 saturated carbocycles. The first-order valence-electron chi connectivity index (χ1n) is 5.23. The Kier molecular flexibility index (Phi) is 4.80. The van der Waals surface area contributed by atoms with E-state index in [0.29, 0.717) is 18.5 Å². The molecule has 6 nitrogen and oxygen atoms in total. The van der Waals surface area contributed by atoms with Crippen LogP contribution in [-0.4, -0.2) is 23.5 Å². The summed E-state index contributed by atoms with van der Waals surface area (Å²) in [7, 11) is 0. The van der Waals surface area contributed by atoms with Crippen molar-refractivity contribution in [1.82, 2.24) is 0 Å². The monoisotopic (exact) mass is 236 g/mol. The van der Waals surface area contributed by atoms with Gasteiger partial charge in [-0.25, -0.2) is 0 Å². The zero-order valence-corrected chi connectivity index (χ0v) is 9.39. The van der Waals surface area contributed by atoms with E-state index in [1.54, 1.807) is 18.2 Å². The summed E-state index contributed by atoms with van der Waals surface area (Å²) in [5.74, 6) is -0.247. The first-order valence-corrected chi connectivity index (χ1v) is 5.23. The Labute approximate surface area is 99.3 Å². The van der Waals surface area contributed by atoms with Crippen molar-refractivity contribution >= 4 is 17.4 Å². The van der Waals surface area contributed by atoms with Gasteiger partial charge in [-0.05, 0) is 24.6 Å². The second kappa shape index (κ2) is 6.37. The fourth-order valence-electron chi connectivity index (χ4n) is 1.33. The number of carbonyl (C=O) groups is 1. The van der Waals surface area contributed by atoms with Crippen LogP contribution >= 0.6 is 0 Å². The average Bonchev–Trinajstić information content (AvgIpc) is 2.34. The van der Waals surface area contributed by atoms with Gasteiger partial charge in [0, 0.05) is 24.2 Å². The van der Waals surface area contributed by atoms with Crippen LogP contribution in [0.15, 0.2) is 29.4 Å². The van der Waals surface area contributed by atoms with Crippen LogP contribution in [0.5, 0.6) is 0 Å². The van der Waals surface area contributed by atoms with E-state index in [1.165, 1.54) is 0 Å². The van der Waals surface area contributed by atoms with E-state index in [9.17, 15) is 4.79 Å². The van der Waals surface area contributed by atoms with Crippen molar-refractivity contribution in [3.05, 3.63) is 29.8 Å². The highest BCUT2D eigenvalue weighted by Crippen LogP contribution is 2.10. The summed E-state index contributed by atoms with van der Waals surface area (Å²) < 4.78 is 0. The first-order chi connectivity index (χ1) is 8.13. The Balaban J connectivity index is 2.42. The van der Waals surface area contributed by atoms with Gasteiger partial charge in [0.1, 0.15) is 5.84 Å². The number of amidine groups is 1. The van der Waals surface area contributed by atoms with Crippen LogP contribution in [0.2, 0.25) is 0 Å². The number of primary amides is 1. The molecule has 0 unspecified atom stereocenters. The van der Waals surface area contributed by atoms with E-state index in [2.05, 4.69) is 10.5 Å². The summed E-state index contributed by atoms with van der Waals surface area (Å²) in [5, 5.41) is 14.3. The molecule has 0 atom stereocenters. The van der Waals surface area contributed by atoms with Crippen molar-refractivity contribution in [2.45, 2.75) is 12.8 Å². The Morgan fingerprint density at radius 1 is 1.41 bits per heavy atom. The minimum Gasteiger partial charge on any atom is -0.409 e. The van der Waals surface area contributed by atoms with Crippen LogP contribution in [0.25, 0.3) is 0 Å². The standard InChI is InChI=1S/C11H16N4O2/c12-10(15-17)5-2-6-14-9-4-1-3-8(7-9)11(13)16/h1,3-4,7,14,17H,2,5-6H2,(H2,12,15)(H2,13,16). The molecule has 92 valence electrons. The zero-order chi connectivity index (χ0) is 12.7. The minimum absolute atomic E-state index is 0.206. The van der Waals surface area contributed by atoms with E-state index in [0.717, 1.165) is 12.1 Å². The summed E-state index contributed by atoms with van der Waals surface area (Å²) >= 11 is 0. The Morgan fingerprint density at radius 3 is 2.82 bits per heavy atom. The van der Waals surface area contributed by atoms with Crippen LogP contribution in [0.1, 0.15) is 23.2 Å². The van der Waals surface area contributed by atoms with Gasteiger partial charge in [-0.1, -0.05) is 11.2 Å². The second-order valence-electron chi connectivity index (χ2n) is 3.57. The number of rotatable bonds is 6. The molecule has 0 bridgehead atoms. The third-order valence-corrected chi connectivity index (χ3v) is 2.21. The van der Waals surface area contributed by atoms with Gasteiger partial charge < -0.3 is 22.0 Å². The lowest BCUT2D eigenvalue weighted by molar-refractivity contribution is 0.100. The maximum absolute atomic E-state index is 10.9. The van der Waals surface area contributed by atoms with E-state index >= 15 is 0 Å². The number of hydrogen-bond acceptors (Lipinski definition) is 4. The van der Waals surface area contributed by atoms with E-state index in [-0.39, 0.29) is 5.84 Å². The molecular formula is C11H16N4O2. The highest BCUT2D eigenvalue weighted by molar-refractivity contribution is 5.93. The van der Waals surface area contributed by atoms with E-state index < -0.39 is 5.91 Å². The number of hydrogen-bond donors (Lipinski definition) is 4. The molecule has 0 aliphatic rings. The van der Waals surface area contributed by atoms with Gasteiger partial charge in [-0.3, -0.25) is 4.79 Å². The van der Waals surface area contributed by atoms with Crippen LogP contribution in [0.4, 0.5) is 5.69 Å². The molecule has 6 heteroatoms.